The fourth-order valence-corrected chi connectivity index (χ4v) is 5.31. The van der Waals surface area contributed by atoms with Gasteiger partial charge in [-0.05, 0) is 50.9 Å². The van der Waals surface area contributed by atoms with Gasteiger partial charge in [0, 0.05) is 11.4 Å². The van der Waals surface area contributed by atoms with E-state index in [9.17, 15) is 20.0 Å². The highest BCUT2D eigenvalue weighted by Crippen LogP contribution is 2.38. The molecule has 0 bridgehead atoms. The Bertz CT molecular complexity index is 1050. The summed E-state index contributed by atoms with van der Waals surface area (Å²) in [5.41, 5.74) is 0.671. The van der Waals surface area contributed by atoms with E-state index >= 15 is 0 Å². The number of nitrogens with one attached hydrogen (secondary N) is 1. The molecule has 10 nitrogen and oxygen atoms in total. The van der Waals surface area contributed by atoms with Gasteiger partial charge in [0.05, 0.1) is 22.6 Å². The minimum absolute atomic E-state index is 0.228. The maximum absolute atomic E-state index is 12.9. The normalized spacial score (nSPS) is 14.4. The third-order valence-corrected chi connectivity index (χ3v) is 7.31. The largest absolute Gasteiger partial charge is 0.538 e. The molecular weight excluding hydrogens is 454 g/mol. The van der Waals surface area contributed by atoms with Crippen molar-refractivity contribution in [3.05, 3.63) is 16.0 Å². The van der Waals surface area contributed by atoms with Crippen LogP contribution in [0.15, 0.2) is 9.55 Å². The predicted octanol–water partition coefficient (Wildman–Crippen LogP) is 2.31. The summed E-state index contributed by atoms with van der Waals surface area (Å²) in [6.07, 6.45) is 0.560. The number of aromatic nitrogens is 2. The second-order valence-electron chi connectivity index (χ2n) is 8.26. The summed E-state index contributed by atoms with van der Waals surface area (Å²) in [6.45, 7) is 8.02. The topological polar surface area (TPSA) is 135 Å². The van der Waals surface area contributed by atoms with Crippen LogP contribution < -0.4 is 15.1 Å². The van der Waals surface area contributed by atoms with E-state index in [0.717, 1.165) is 22.2 Å². The number of hydrogen-bond acceptors (Lipinski definition) is 9. The lowest BCUT2D eigenvalue weighted by molar-refractivity contribution is -0.772. The van der Waals surface area contributed by atoms with Crippen LogP contribution in [0.4, 0.5) is 9.80 Å². The minimum atomic E-state index is -0.602. The quantitative estimate of drug-likeness (QED) is 0.510. The third kappa shape index (κ3) is 5.16. The van der Waals surface area contributed by atoms with Crippen LogP contribution in [0, 0.1) is 11.3 Å². The molecule has 0 spiro atoms. The number of rotatable bonds is 5. The van der Waals surface area contributed by atoms with E-state index in [1.807, 2.05) is 27.7 Å². The Balaban J connectivity index is 1.76. The monoisotopic (exact) mass is 479 g/mol. The highest BCUT2D eigenvalue weighted by Gasteiger charge is 2.31. The average molecular weight is 480 g/mol. The zero-order chi connectivity index (χ0) is 23.6. The van der Waals surface area contributed by atoms with Gasteiger partial charge in [0.25, 0.3) is 5.03 Å². The number of hydrogen-bond donors (Lipinski definition) is 1. The van der Waals surface area contributed by atoms with E-state index in [1.54, 1.807) is 11.9 Å². The number of ether oxygens (including phenoxy) is 1. The van der Waals surface area contributed by atoms with E-state index in [2.05, 4.69) is 21.2 Å². The number of amides is 2. The predicted molar refractivity (Wildman–Crippen MR) is 115 cm³/mol. The van der Waals surface area contributed by atoms with Gasteiger partial charge in [-0.1, -0.05) is 11.6 Å². The van der Waals surface area contributed by atoms with Crippen LogP contribution in [0.5, 0.6) is 5.95 Å². The molecule has 3 rings (SSSR count). The molecule has 2 aromatic rings. The number of thiophene rings is 1. The molecule has 0 radical (unpaired) electrons. The molecule has 1 atom stereocenters. The highest BCUT2D eigenvalue weighted by atomic mass is 32.2. The smallest absolute Gasteiger partial charge is 0.410 e. The Morgan fingerprint density at radius 3 is 2.78 bits per heavy atom. The molecular formula is C20H25N5O5S2. The van der Waals surface area contributed by atoms with Crippen molar-refractivity contribution in [2.75, 3.05) is 11.9 Å². The molecule has 3 heterocycles. The van der Waals surface area contributed by atoms with Gasteiger partial charge in [-0.2, -0.15) is 5.26 Å². The Morgan fingerprint density at radius 1 is 1.50 bits per heavy atom. The van der Waals surface area contributed by atoms with Gasteiger partial charge in [0.2, 0.25) is 5.91 Å². The summed E-state index contributed by atoms with van der Waals surface area (Å²) >= 11 is 2.35. The zero-order valence-corrected chi connectivity index (χ0v) is 20.2. The molecule has 1 aliphatic heterocycles. The van der Waals surface area contributed by atoms with Crippen molar-refractivity contribution in [2.24, 2.45) is 7.05 Å². The summed E-state index contributed by atoms with van der Waals surface area (Å²) in [5.74, 6) is -0.924. The van der Waals surface area contributed by atoms with Crippen molar-refractivity contribution in [1.82, 2.24) is 10.2 Å². The Hall–Kier alpha value is -2.78. The number of fused-ring (bicyclic) bond motifs is 1. The molecule has 1 aliphatic rings. The van der Waals surface area contributed by atoms with Crippen molar-refractivity contribution >= 4 is 40.1 Å². The summed E-state index contributed by atoms with van der Waals surface area (Å²) in [4.78, 5) is 27.8. The fourth-order valence-electron chi connectivity index (χ4n) is 3.17. The van der Waals surface area contributed by atoms with Crippen LogP contribution in [-0.2, 0) is 29.5 Å². The molecule has 12 heteroatoms. The molecule has 1 N–H and O–H groups in total. The SMILES string of the molecule is CCC(Sc1c([O-])on[n+]1C)C(=O)Nc1sc2c(c1C#N)CCN(C(=O)OC(C)(C)C)C2. The van der Waals surface area contributed by atoms with Gasteiger partial charge in [-0.25, -0.2) is 4.79 Å². The molecule has 172 valence electrons. The summed E-state index contributed by atoms with van der Waals surface area (Å²) in [5, 5.41) is 28.0. The lowest BCUT2D eigenvalue weighted by Gasteiger charge is -2.29. The van der Waals surface area contributed by atoms with E-state index in [-0.39, 0.29) is 10.9 Å². The van der Waals surface area contributed by atoms with Crippen LogP contribution in [-0.4, -0.2) is 39.6 Å². The summed E-state index contributed by atoms with van der Waals surface area (Å²) < 4.78 is 11.4. The van der Waals surface area contributed by atoms with Gasteiger partial charge >= 0.3 is 6.09 Å². The second kappa shape index (κ2) is 9.38. The van der Waals surface area contributed by atoms with Gasteiger partial charge < -0.3 is 24.6 Å². The number of thioether (sulfide) groups is 1. The first-order valence-electron chi connectivity index (χ1n) is 10.1. The maximum Gasteiger partial charge on any atom is 0.410 e. The van der Waals surface area contributed by atoms with E-state index < -0.39 is 22.9 Å². The van der Waals surface area contributed by atoms with Crippen LogP contribution in [0.3, 0.4) is 0 Å². The lowest BCUT2D eigenvalue weighted by atomic mass is 10.0. The molecule has 0 aliphatic carbocycles. The molecule has 2 aromatic heterocycles. The van der Waals surface area contributed by atoms with Gasteiger partial charge in [-0.3, -0.25) is 4.79 Å². The number of carbonyl (C=O) groups excluding carboxylic acids is 2. The Morgan fingerprint density at radius 2 is 2.22 bits per heavy atom. The van der Waals surface area contributed by atoms with Crippen molar-refractivity contribution in [3.8, 4) is 12.0 Å². The summed E-state index contributed by atoms with van der Waals surface area (Å²) in [7, 11) is 1.56. The molecule has 0 fully saturated rings. The summed E-state index contributed by atoms with van der Waals surface area (Å²) in [6, 6.07) is 2.19. The first-order chi connectivity index (χ1) is 15.0. The second-order valence-corrected chi connectivity index (χ2v) is 10.6. The number of aryl methyl sites for hydroxylation is 1. The number of nitrogens with zero attached hydrogens (tertiary/aromatic N) is 4. The molecule has 32 heavy (non-hydrogen) atoms. The molecule has 2 amide bonds. The van der Waals surface area contributed by atoms with E-state index in [4.69, 9.17) is 4.74 Å². The van der Waals surface area contributed by atoms with Crippen LogP contribution in [0.25, 0.3) is 0 Å². The van der Waals surface area contributed by atoms with Gasteiger partial charge in [0.1, 0.15) is 16.7 Å². The van der Waals surface area contributed by atoms with Crippen LogP contribution in [0.1, 0.15) is 50.1 Å². The molecule has 0 saturated heterocycles. The first kappa shape index (κ1) is 23.9. The highest BCUT2D eigenvalue weighted by molar-refractivity contribution is 8.00. The number of nitriles is 1. The third-order valence-electron chi connectivity index (χ3n) is 4.69. The first-order valence-corrected chi connectivity index (χ1v) is 11.8. The van der Waals surface area contributed by atoms with Crippen LogP contribution in [0.2, 0.25) is 0 Å². The van der Waals surface area contributed by atoms with Crippen molar-refractivity contribution in [3.63, 3.8) is 0 Å². The fraction of sp³-hybridized carbons (Fsp3) is 0.550. The number of carbonyl (C=O) groups is 2. The standard InChI is InChI=1S/C20H25N5O5S2/c1-6-13(32-17-18(27)30-23-24(17)5)15(26)22-16-12(9-21)11-7-8-25(10-14(11)31-16)19(28)29-20(2,3)4/h13H,6-8,10H2,1-5H3,(H-,22,23,26,27). The molecule has 1 unspecified atom stereocenters. The van der Waals surface area contributed by atoms with Gasteiger partial charge in [-0.15, -0.1) is 11.3 Å². The zero-order valence-electron chi connectivity index (χ0n) is 18.6. The molecule has 0 saturated carbocycles. The van der Waals surface area contributed by atoms with Crippen molar-refractivity contribution in [2.45, 2.75) is 63.0 Å². The van der Waals surface area contributed by atoms with Crippen molar-refractivity contribution in [1.29, 1.82) is 5.26 Å². The molecule has 0 aromatic carbocycles. The van der Waals surface area contributed by atoms with Gasteiger partial charge in [0.15, 0.2) is 13.0 Å². The average Bonchev–Trinajstić information content (AvgIpc) is 3.22. The Labute approximate surface area is 194 Å². The number of anilines is 1. The minimum Gasteiger partial charge on any atom is -0.538 e. The van der Waals surface area contributed by atoms with E-state index in [0.29, 0.717) is 36.5 Å². The van der Waals surface area contributed by atoms with Crippen molar-refractivity contribution < 1.29 is 28.6 Å². The van der Waals surface area contributed by atoms with E-state index in [1.165, 1.54) is 16.0 Å². The van der Waals surface area contributed by atoms with Crippen LogP contribution >= 0.6 is 23.1 Å². The lowest BCUT2D eigenvalue weighted by Crippen LogP contribution is -2.39. The Kier molecular flexibility index (Phi) is 7.00. The maximum atomic E-state index is 12.9.